The fraction of sp³-hybridized carbons (Fsp3) is 0.538. The summed E-state index contributed by atoms with van der Waals surface area (Å²) >= 11 is 0. The van der Waals surface area contributed by atoms with Gasteiger partial charge in [-0.15, -0.1) is 0 Å². The first-order valence-corrected chi connectivity index (χ1v) is 18.3. The summed E-state index contributed by atoms with van der Waals surface area (Å²) < 4.78 is 7.71. The van der Waals surface area contributed by atoms with Crippen molar-refractivity contribution in [3.05, 3.63) is 86.2 Å². The lowest BCUT2D eigenvalue weighted by Gasteiger charge is -2.37. The van der Waals surface area contributed by atoms with Gasteiger partial charge in [-0.1, -0.05) is 31.4 Å². The molecule has 2 heterocycles. The molecular weight excluding hydrogens is 646 g/mol. The molecule has 4 aliphatic rings. The molecule has 3 aliphatic carbocycles. The van der Waals surface area contributed by atoms with Crippen LogP contribution in [0, 0.1) is 17.2 Å². The van der Waals surface area contributed by atoms with Crippen LogP contribution in [-0.4, -0.2) is 95.5 Å². The maximum absolute atomic E-state index is 13.4. The van der Waals surface area contributed by atoms with Gasteiger partial charge >= 0.3 is 5.76 Å². The molecule has 2 saturated carbocycles. The van der Waals surface area contributed by atoms with E-state index >= 15 is 0 Å². The Morgan fingerprint density at radius 3 is 2.12 bits per heavy atom. The number of aryl methyl sites for hydroxylation is 2. The molecule has 268 valence electrons. The molecule has 0 unspecified atom stereocenters. The van der Waals surface area contributed by atoms with Crippen molar-refractivity contribution in [2.24, 2.45) is 5.92 Å². The summed E-state index contributed by atoms with van der Waals surface area (Å²) in [6.45, 7) is 0.463. The Morgan fingerprint density at radius 1 is 0.941 bits per heavy atom. The van der Waals surface area contributed by atoms with Gasteiger partial charge < -0.3 is 24.5 Å². The van der Waals surface area contributed by atoms with Crippen LogP contribution >= 0.6 is 0 Å². The number of fused-ring (bicyclic) bond motifs is 3. The number of nitriles is 1. The average Bonchev–Trinajstić information content (AvgIpc) is 3.66. The number of nitrogens with zero attached hydrogens (tertiary/aromatic N) is 6. The van der Waals surface area contributed by atoms with Gasteiger partial charge in [0.2, 0.25) is 5.91 Å². The van der Waals surface area contributed by atoms with E-state index in [1.54, 1.807) is 47.6 Å². The van der Waals surface area contributed by atoms with Crippen molar-refractivity contribution in [2.75, 3.05) is 41.3 Å². The first kappa shape index (κ1) is 34.7. The van der Waals surface area contributed by atoms with E-state index in [-0.39, 0.29) is 42.4 Å². The van der Waals surface area contributed by atoms with Gasteiger partial charge in [-0.3, -0.25) is 14.4 Å². The van der Waals surface area contributed by atoms with Gasteiger partial charge in [0.15, 0.2) is 5.82 Å². The molecule has 3 fully saturated rings. The number of hydrogen-bond acceptors (Lipinski definition) is 8. The zero-order valence-electron chi connectivity index (χ0n) is 30.0. The first-order valence-electron chi connectivity index (χ1n) is 18.3. The van der Waals surface area contributed by atoms with Crippen LogP contribution in [0.15, 0.2) is 45.7 Å². The number of carbonyl (C=O) groups excluding carboxylic acids is 3. The van der Waals surface area contributed by atoms with E-state index in [0.717, 1.165) is 67.2 Å². The molecule has 2 aromatic carbocycles. The van der Waals surface area contributed by atoms with Crippen LogP contribution in [0.25, 0.3) is 0 Å². The van der Waals surface area contributed by atoms with Crippen molar-refractivity contribution in [1.82, 2.24) is 29.7 Å². The predicted molar refractivity (Wildman–Crippen MR) is 189 cm³/mol. The van der Waals surface area contributed by atoms with E-state index in [1.807, 2.05) is 36.4 Å². The summed E-state index contributed by atoms with van der Waals surface area (Å²) in [6.07, 6.45) is 8.19. The second-order valence-electron chi connectivity index (χ2n) is 15.1. The highest BCUT2D eigenvalue weighted by molar-refractivity contribution is 5.95. The van der Waals surface area contributed by atoms with Gasteiger partial charge in [0.1, 0.15) is 6.04 Å². The van der Waals surface area contributed by atoms with E-state index in [2.05, 4.69) is 16.4 Å². The maximum Gasteiger partial charge on any atom is 0.459 e. The molecule has 12 nitrogen and oxygen atoms in total. The number of rotatable bonds is 9. The average molecular weight is 694 g/mol. The molecule has 1 saturated heterocycles. The summed E-state index contributed by atoms with van der Waals surface area (Å²) in [7, 11) is 6.92. The minimum Gasteiger partial charge on any atom is -0.345 e. The normalized spacial score (nSPS) is 21.9. The fourth-order valence-corrected chi connectivity index (χ4v) is 8.88. The van der Waals surface area contributed by atoms with Crippen LogP contribution in [0.4, 0.5) is 0 Å². The Morgan fingerprint density at radius 2 is 1.55 bits per heavy atom. The Balaban J connectivity index is 1.36. The molecular formula is C39H47N7O5. The van der Waals surface area contributed by atoms with Crippen LogP contribution in [0.3, 0.4) is 0 Å². The first-order chi connectivity index (χ1) is 24.5. The highest BCUT2D eigenvalue weighted by atomic mass is 16.5. The zero-order valence-corrected chi connectivity index (χ0v) is 30.0. The number of likely N-dealkylation sites (tertiary alicyclic amines) is 1. The molecule has 1 aromatic heterocycles. The number of amides is 3. The molecule has 51 heavy (non-hydrogen) atoms. The molecule has 0 spiro atoms. The van der Waals surface area contributed by atoms with Gasteiger partial charge in [0.25, 0.3) is 11.8 Å². The molecule has 1 aliphatic heterocycles. The van der Waals surface area contributed by atoms with Crippen molar-refractivity contribution >= 4 is 17.7 Å². The van der Waals surface area contributed by atoms with Crippen molar-refractivity contribution in [1.29, 1.82) is 5.26 Å². The molecule has 3 amide bonds. The second kappa shape index (κ2) is 13.8. The third-order valence-corrected chi connectivity index (χ3v) is 11.5. The van der Waals surface area contributed by atoms with Crippen LogP contribution < -0.4 is 11.1 Å². The van der Waals surface area contributed by atoms with E-state index in [1.165, 1.54) is 0 Å². The topological polar surface area (TPSA) is 145 Å². The molecule has 12 heteroatoms. The van der Waals surface area contributed by atoms with Crippen molar-refractivity contribution in [3.8, 4) is 6.07 Å². The lowest BCUT2D eigenvalue weighted by atomic mass is 9.68. The minimum atomic E-state index is -1.02. The molecule has 3 atom stereocenters. The van der Waals surface area contributed by atoms with Gasteiger partial charge in [-0.2, -0.15) is 15.0 Å². The van der Waals surface area contributed by atoms with E-state index in [4.69, 9.17) is 4.52 Å². The van der Waals surface area contributed by atoms with Crippen molar-refractivity contribution in [3.63, 3.8) is 0 Å². The van der Waals surface area contributed by atoms with Gasteiger partial charge in [0.05, 0.1) is 24.1 Å². The summed E-state index contributed by atoms with van der Waals surface area (Å²) in [5.74, 6) is -0.0416. The highest BCUT2D eigenvalue weighted by Crippen LogP contribution is 2.49. The zero-order chi connectivity index (χ0) is 36.0. The number of piperidine rings is 1. The molecule has 0 radical (unpaired) electrons. The fourth-order valence-electron chi connectivity index (χ4n) is 8.88. The largest absolute Gasteiger partial charge is 0.459 e. The minimum absolute atomic E-state index is 0.0423. The summed E-state index contributed by atoms with van der Waals surface area (Å²) in [4.78, 5) is 62.7. The molecule has 7 rings (SSSR count). The Kier molecular flexibility index (Phi) is 9.35. The number of carbonyl (C=O) groups is 3. The summed E-state index contributed by atoms with van der Waals surface area (Å²) in [6, 6.07) is 13.6. The Hall–Kier alpha value is -4.76. The third kappa shape index (κ3) is 6.26. The lowest BCUT2D eigenvalue weighted by Crippen LogP contribution is -2.44. The standard InChI is InChI=1S/C39H47N7O5/c1-43(2)35(48)26-12-14-31-24(18-26)10-11-25-19-27(36(49)44(3)4)13-15-32(25)39(31,37-42-38(50)51-46(37)29-8-6-5-7-9-29)16-17-41-23-34(47)45-30(22-40)20-28-21-33(28)45/h12-15,18-19,28-30,33,41H,5-11,16-17,20-21,23H2,1-4H3/t28-,30+,33+/m1/s1. The predicted octanol–water partition coefficient (Wildman–Crippen LogP) is 3.67. The monoisotopic (exact) mass is 693 g/mol. The lowest BCUT2D eigenvalue weighted by molar-refractivity contribution is -0.131. The van der Waals surface area contributed by atoms with Crippen molar-refractivity contribution in [2.45, 2.75) is 87.7 Å². The van der Waals surface area contributed by atoms with Gasteiger partial charge in [-0.05, 0) is 104 Å². The van der Waals surface area contributed by atoms with Crippen LogP contribution in [-0.2, 0) is 23.1 Å². The Bertz CT molecular complexity index is 1880. The smallest absolute Gasteiger partial charge is 0.345 e. The second-order valence-corrected chi connectivity index (χ2v) is 15.1. The SMILES string of the molecule is CN(C)C(=O)c1ccc2c(c1)CCc1cc(C(=O)N(C)C)ccc1C2(CCNCC(=O)N1[C@H](C#N)C[C@@H]2C[C@@H]21)c1nc(=O)on1C1CCCCC1. The number of hydrogen-bond donors (Lipinski definition) is 1. The number of benzene rings is 2. The number of nitrogens with one attached hydrogen (secondary N) is 1. The van der Waals surface area contributed by atoms with E-state index in [9.17, 15) is 24.4 Å². The van der Waals surface area contributed by atoms with Gasteiger partial charge in [0, 0.05) is 45.4 Å². The van der Waals surface area contributed by atoms with Gasteiger partial charge in [-0.25, -0.2) is 4.79 Å². The summed E-state index contributed by atoms with van der Waals surface area (Å²) in [5, 5.41) is 13.1. The maximum atomic E-state index is 13.4. The van der Waals surface area contributed by atoms with Crippen LogP contribution in [0.1, 0.15) is 106 Å². The quantitative estimate of drug-likeness (QED) is 0.335. The van der Waals surface area contributed by atoms with Crippen molar-refractivity contribution < 1.29 is 18.9 Å². The highest BCUT2D eigenvalue weighted by Gasteiger charge is 2.54. The Labute approximate surface area is 298 Å². The number of aromatic nitrogens is 2. The van der Waals surface area contributed by atoms with Crippen LogP contribution in [0.2, 0.25) is 0 Å². The molecule has 1 N–H and O–H groups in total. The third-order valence-electron chi connectivity index (χ3n) is 11.5. The summed E-state index contributed by atoms with van der Waals surface area (Å²) in [5.41, 5.74) is 3.84. The molecule has 0 bridgehead atoms. The molecule has 3 aromatic rings. The van der Waals surface area contributed by atoms with E-state index in [0.29, 0.717) is 48.7 Å². The van der Waals surface area contributed by atoms with Crippen LogP contribution in [0.5, 0.6) is 0 Å². The van der Waals surface area contributed by atoms with E-state index < -0.39 is 11.2 Å².